The van der Waals surface area contributed by atoms with Crippen LogP contribution in [0.1, 0.15) is 18.4 Å². The molecule has 2 aliphatic rings. The number of ether oxygens (including phenoxy) is 1. The summed E-state index contributed by atoms with van der Waals surface area (Å²) in [4.78, 5) is 2.62. The Balaban J connectivity index is 1.78. The second-order valence-electron chi connectivity index (χ2n) is 5.55. The van der Waals surface area contributed by atoms with Crippen LogP contribution < -0.4 is 10.1 Å². The van der Waals surface area contributed by atoms with Gasteiger partial charge in [0.15, 0.2) is 0 Å². The molecule has 1 aromatic rings. The Labute approximate surface area is 123 Å². The summed E-state index contributed by atoms with van der Waals surface area (Å²) >= 11 is 3.56. The van der Waals surface area contributed by atoms with Gasteiger partial charge in [-0.25, -0.2) is 0 Å². The number of benzene rings is 1. The third-order valence-electron chi connectivity index (χ3n) is 4.41. The summed E-state index contributed by atoms with van der Waals surface area (Å²) < 4.78 is 6.62. The van der Waals surface area contributed by atoms with Crippen molar-refractivity contribution in [3.05, 3.63) is 28.2 Å². The Hall–Kier alpha value is -0.580. The minimum Gasteiger partial charge on any atom is -0.496 e. The highest BCUT2D eigenvalue weighted by molar-refractivity contribution is 9.10. The molecule has 2 saturated heterocycles. The first-order valence-corrected chi connectivity index (χ1v) is 7.84. The summed E-state index contributed by atoms with van der Waals surface area (Å²) in [7, 11) is 1.75. The molecule has 0 saturated carbocycles. The van der Waals surface area contributed by atoms with Gasteiger partial charge in [0.25, 0.3) is 0 Å². The van der Waals surface area contributed by atoms with E-state index < -0.39 is 0 Å². The maximum atomic E-state index is 5.49. The van der Waals surface area contributed by atoms with Gasteiger partial charge in [-0.05, 0) is 50.0 Å². The van der Waals surface area contributed by atoms with Crippen molar-refractivity contribution in [2.45, 2.75) is 25.4 Å². The Morgan fingerprint density at radius 3 is 3.16 bits per heavy atom. The third-order valence-corrected chi connectivity index (χ3v) is 4.90. The summed E-state index contributed by atoms with van der Waals surface area (Å²) in [5, 5.41) is 3.54. The fraction of sp³-hybridized carbons (Fsp3) is 0.600. The molecule has 3 rings (SSSR count). The quantitative estimate of drug-likeness (QED) is 0.925. The van der Waals surface area contributed by atoms with Crippen molar-refractivity contribution in [3.8, 4) is 5.75 Å². The molecule has 0 radical (unpaired) electrons. The van der Waals surface area contributed by atoms with Crippen molar-refractivity contribution in [1.82, 2.24) is 10.2 Å². The van der Waals surface area contributed by atoms with Crippen LogP contribution in [0, 0.1) is 5.92 Å². The molecule has 4 heteroatoms. The van der Waals surface area contributed by atoms with Crippen LogP contribution in [0.25, 0.3) is 0 Å². The Kier molecular flexibility index (Phi) is 4.10. The van der Waals surface area contributed by atoms with E-state index in [1.54, 1.807) is 7.11 Å². The topological polar surface area (TPSA) is 24.5 Å². The molecule has 2 aliphatic heterocycles. The number of nitrogens with one attached hydrogen (secondary N) is 1. The molecule has 3 nitrogen and oxygen atoms in total. The smallest absolute Gasteiger partial charge is 0.123 e. The predicted octanol–water partition coefficient (Wildman–Crippen LogP) is 2.64. The van der Waals surface area contributed by atoms with E-state index in [4.69, 9.17) is 4.74 Å². The average molecular weight is 325 g/mol. The molecule has 2 atom stereocenters. The first-order chi connectivity index (χ1) is 9.28. The van der Waals surface area contributed by atoms with E-state index in [1.807, 2.05) is 12.1 Å². The van der Waals surface area contributed by atoms with E-state index in [2.05, 4.69) is 32.2 Å². The van der Waals surface area contributed by atoms with Crippen molar-refractivity contribution >= 4 is 15.9 Å². The van der Waals surface area contributed by atoms with Crippen LogP contribution in [-0.4, -0.2) is 37.7 Å². The summed E-state index contributed by atoms with van der Waals surface area (Å²) in [5.41, 5.74) is 1.28. The molecule has 0 aromatic heterocycles. The van der Waals surface area contributed by atoms with E-state index >= 15 is 0 Å². The molecule has 1 N–H and O–H groups in total. The van der Waals surface area contributed by atoms with Gasteiger partial charge in [0.05, 0.1) is 7.11 Å². The number of halogens is 1. The van der Waals surface area contributed by atoms with Crippen LogP contribution in [0.5, 0.6) is 5.75 Å². The summed E-state index contributed by atoms with van der Waals surface area (Å²) in [6.07, 6.45) is 2.70. The zero-order valence-corrected chi connectivity index (χ0v) is 12.9. The number of likely N-dealkylation sites (tertiary alicyclic amines) is 1. The highest BCUT2D eigenvalue weighted by Gasteiger charge is 2.34. The van der Waals surface area contributed by atoms with Crippen molar-refractivity contribution in [2.24, 2.45) is 5.92 Å². The van der Waals surface area contributed by atoms with E-state index in [0.29, 0.717) is 6.04 Å². The van der Waals surface area contributed by atoms with Crippen LogP contribution in [0.2, 0.25) is 0 Å². The second-order valence-corrected chi connectivity index (χ2v) is 6.47. The van der Waals surface area contributed by atoms with Crippen molar-refractivity contribution in [1.29, 1.82) is 0 Å². The Morgan fingerprint density at radius 1 is 1.42 bits per heavy atom. The third kappa shape index (κ3) is 2.81. The van der Waals surface area contributed by atoms with Gasteiger partial charge in [0, 0.05) is 29.2 Å². The molecular formula is C15H21BrN2O. The number of hydrogen-bond acceptors (Lipinski definition) is 3. The van der Waals surface area contributed by atoms with Gasteiger partial charge < -0.3 is 10.1 Å². The van der Waals surface area contributed by atoms with Gasteiger partial charge in [-0.3, -0.25) is 4.90 Å². The van der Waals surface area contributed by atoms with Crippen LogP contribution >= 0.6 is 15.9 Å². The monoisotopic (exact) mass is 324 g/mol. The number of nitrogens with zero attached hydrogens (tertiary/aromatic N) is 1. The minimum absolute atomic E-state index is 0.706. The maximum Gasteiger partial charge on any atom is 0.123 e. The van der Waals surface area contributed by atoms with Crippen molar-refractivity contribution < 1.29 is 4.74 Å². The van der Waals surface area contributed by atoms with E-state index in [0.717, 1.165) is 29.2 Å². The zero-order chi connectivity index (χ0) is 13.2. The molecule has 2 heterocycles. The van der Waals surface area contributed by atoms with E-state index in [9.17, 15) is 0 Å². The average Bonchev–Trinajstić information content (AvgIpc) is 2.88. The molecule has 19 heavy (non-hydrogen) atoms. The first kappa shape index (κ1) is 13.4. The predicted molar refractivity (Wildman–Crippen MR) is 80.5 cm³/mol. The molecular weight excluding hydrogens is 304 g/mol. The van der Waals surface area contributed by atoms with Crippen LogP contribution in [0.15, 0.2) is 22.7 Å². The summed E-state index contributed by atoms with van der Waals surface area (Å²) in [6, 6.07) is 6.98. The van der Waals surface area contributed by atoms with Gasteiger partial charge in [0.1, 0.15) is 5.75 Å². The molecule has 0 bridgehead atoms. The fourth-order valence-electron chi connectivity index (χ4n) is 3.45. The highest BCUT2D eigenvalue weighted by Crippen LogP contribution is 2.30. The number of rotatable bonds is 3. The Bertz CT molecular complexity index is 452. The molecule has 2 fully saturated rings. The minimum atomic E-state index is 0.706. The number of methoxy groups -OCH3 is 1. The molecule has 0 amide bonds. The Morgan fingerprint density at radius 2 is 2.32 bits per heavy atom. The normalized spacial score (nSPS) is 27.3. The van der Waals surface area contributed by atoms with Gasteiger partial charge in [-0.15, -0.1) is 0 Å². The van der Waals surface area contributed by atoms with Crippen molar-refractivity contribution in [3.63, 3.8) is 0 Å². The van der Waals surface area contributed by atoms with Crippen LogP contribution in [0.4, 0.5) is 0 Å². The van der Waals surface area contributed by atoms with Gasteiger partial charge in [-0.2, -0.15) is 0 Å². The van der Waals surface area contributed by atoms with Crippen LogP contribution in [-0.2, 0) is 6.54 Å². The highest BCUT2D eigenvalue weighted by atomic mass is 79.9. The standard InChI is InChI=1S/C15H21BrN2O/c1-19-15-5-4-13(16)7-12(15)10-18-6-2-3-11-8-17-9-14(11)18/h4-5,7,11,14,17H,2-3,6,8-10H2,1H3. The number of hydrogen-bond donors (Lipinski definition) is 1. The molecule has 0 aliphatic carbocycles. The molecule has 2 unspecified atom stereocenters. The van der Waals surface area contributed by atoms with E-state index in [-0.39, 0.29) is 0 Å². The second kappa shape index (κ2) is 5.81. The SMILES string of the molecule is COc1ccc(Br)cc1CN1CCCC2CNCC21. The van der Waals surface area contributed by atoms with Crippen LogP contribution in [0.3, 0.4) is 0 Å². The van der Waals surface area contributed by atoms with Gasteiger partial charge in [0.2, 0.25) is 0 Å². The van der Waals surface area contributed by atoms with E-state index in [1.165, 1.54) is 31.5 Å². The summed E-state index contributed by atoms with van der Waals surface area (Å²) in [6.45, 7) is 4.53. The van der Waals surface area contributed by atoms with Crippen molar-refractivity contribution in [2.75, 3.05) is 26.7 Å². The van der Waals surface area contributed by atoms with Gasteiger partial charge in [-0.1, -0.05) is 15.9 Å². The lowest BCUT2D eigenvalue weighted by Crippen LogP contribution is -2.44. The zero-order valence-electron chi connectivity index (χ0n) is 11.4. The number of fused-ring (bicyclic) bond motifs is 1. The molecule has 1 aromatic carbocycles. The maximum absolute atomic E-state index is 5.49. The largest absolute Gasteiger partial charge is 0.496 e. The molecule has 0 spiro atoms. The lowest BCUT2D eigenvalue weighted by atomic mass is 9.91. The van der Waals surface area contributed by atoms with Gasteiger partial charge >= 0.3 is 0 Å². The number of piperidine rings is 1. The fourth-order valence-corrected chi connectivity index (χ4v) is 3.86. The lowest BCUT2D eigenvalue weighted by Gasteiger charge is -2.37. The first-order valence-electron chi connectivity index (χ1n) is 7.05. The summed E-state index contributed by atoms with van der Waals surface area (Å²) in [5.74, 6) is 1.84. The molecule has 104 valence electrons. The lowest BCUT2D eigenvalue weighted by molar-refractivity contribution is 0.116.